The fourth-order valence-electron chi connectivity index (χ4n) is 3.62. The third-order valence-electron chi connectivity index (χ3n) is 4.79. The van der Waals surface area contributed by atoms with Crippen molar-refractivity contribution < 1.29 is 13.2 Å². The molecule has 1 aromatic rings. The van der Waals surface area contributed by atoms with Crippen LogP contribution in [0.25, 0.3) is 0 Å². The Morgan fingerprint density at radius 2 is 1.86 bits per heavy atom. The lowest BCUT2D eigenvalue weighted by atomic mass is 9.57. The molecule has 1 aliphatic carbocycles. The van der Waals surface area contributed by atoms with E-state index >= 15 is 0 Å². The van der Waals surface area contributed by atoms with E-state index in [4.69, 9.17) is 0 Å². The molecule has 1 heterocycles. The Bertz CT molecular complexity index is 527. The second-order valence-electron chi connectivity index (χ2n) is 6.86. The van der Waals surface area contributed by atoms with E-state index < -0.39 is 19.7 Å². The third-order valence-corrected chi connectivity index (χ3v) is 6.08. The zero-order valence-corrected chi connectivity index (χ0v) is 13.3. The summed E-state index contributed by atoms with van der Waals surface area (Å²) in [5, 5.41) is 4.15. The van der Waals surface area contributed by atoms with Gasteiger partial charge in [0, 0.05) is 13.1 Å². The quantitative estimate of drug-likeness (QED) is 0.840. The Morgan fingerprint density at radius 3 is 2.33 bits per heavy atom. The van der Waals surface area contributed by atoms with Gasteiger partial charge in [0.2, 0.25) is 0 Å². The molecule has 1 spiro atoms. The molecule has 1 aromatic carbocycles. The molecule has 1 nitrogen and oxygen atoms in total. The summed E-state index contributed by atoms with van der Waals surface area (Å²) in [7, 11) is -0.507. The van der Waals surface area contributed by atoms with Crippen LogP contribution < -0.4 is 10.6 Å². The molecule has 1 aliphatic heterocycles. The third kappa shape index (κ3) is 3.12. The first-order chi connectivity index (χ1) is 9.77. The number of nitrogens with one attached hydrogen (secondary N) is 1. The summed E-state index contributed by atoms with van der Waals surface area (Å²) in [6, 6.07) is 4.67. The molecule has 1 N–H and O–H groups in total. The smallest absolute Gasteiger partial charge is 0.316 e. The van der Waals surface area contributed by atoms with Gasteiger partial charge in [-0.15, -0.1) is 0 Å². The number of hydrogen-bond acceptors (Lipinski definition) is 1. The standard InChI is InChI=1S/C16H21F3NP/c1-21(2)14-5-11(4-13(6-14)16(17,18)19)3-12-7-15(8-12)9-20-10-15/h4-6,12,20H,3,7-10H2,1-2H3. The molecule has 0 aromatic heterocycles. The van der Waals surface area contributed by atoms with Crippen LogP contribution in [0.3, 0.4) is 0 Å². The fourth-order valence-corrected chi connectivity index (χ4v) is 4.44. The first-order valence-electron chi connectivity index (χ1n) is 7.37. The molecule has 0 radical (unpaired) electrons. The molecule has 1 saturated heterocycles. The van der Waals surface area contributed by atoms with Gasteiger partial charge in [-0.1, -0.05) is 14.0 Å². The van der Waals surface area contributed by atoms with E-state index in [-0.39, 0.29) is 0 Å². The van der Waals surface area contributed by atoms with E-state index in [0.29, 0.717) is 11.3 Å². The molecule has 0 bridgehead atoms. The summed E-state index contributed by atoms with van der Waals surface area (Å²) in [6.07, 6.45) is -1.12. The maximum absolute atomic E-state index is 13.0. The molecule has 116 valence electrons. The van der Waals surface area contributed by atoms with Crippen molar-refractivity contribution in [3.63, 3.8) is 0 Å². The highest BCUT2D eigenvalue weighted by molar-refractivity contribution is 7.64. The Morgan fingerprint density at radius 1 is 1.19 bits per heavy atom. The van der Waals surface area contributed by atoms with Crippen LogP contribution in [0.4, 0.5) is 13.2 Å². The van der Waals surface area contributed by atoms with Crippen molar-refractivity contribution in [2.45, 2.75) is 25.4 Å². The zero-order chi connectivity index (χ0) is 15.3. The highest BCUT2D eigenvalue weighted by Gasteiger charge is 2.48. The monoisotopic (exact) mass is 315 g/mol. The molecular weight excluding hydrogens is 294 g/mol. The number of hydrogen-bond donors (Lipinski definition) is 1. The molecule has 21 heavy (non-hydrogen) atoms. The van der Waals surface area contributed by atoms with Gasteiger partial charge < -0.3 is 5.32 Å². The predicted molar refractivity (Wildman–Crippen MR) is 81.6 cm³/mol. The van der Waals surface area contributed by atoms with Gasteiger partial charge in [-0.3, -0.25) is 0 Å². The molecule has 5 heteroatoms. The molecule has 2 aliphatic rings. The zero-order valence-electron chi connectivity index (χ0n) is 12.4. The van der Waals surface area contributed by atoms with E-state index in [0.717, 1.165) is 30.4 Å². The summed E-state index contributed by atoms with van der Waals surface area (Å²) < 4.78 is 39.1. The van der Waals surface area contributed by atoms with Crippen LogP contribution in [0.1, 0.15) is 24.0 Å². The number of alkyl halides is 3. The maximum Gasteiger partial charge on any atom is 0.416 e. The Labute approximate surface area is 125 Å². The second-order valence-corrected chi connectivity index (χ2v) is 9.17. The lowest BCUT2D eigenvalue weighted by molar-refractivity contribution is -0.137. The lowest BCUT2D eigenvalue weighted by Gasteiger charge is -2.54. The fraction of sp³-hybridized carbons (Fsp3) is 0.625. The van der Waals surface area contributed by atoms with E-state index in [1.807, 2.05) is 19.4 Å². The van der Waals surface area contributed by atoms with Crippen LogP contribution in [0, 0.1) is 11.3 Å². The first kappa shape index (κ1) is 15.3. The summed E-state index contributed by atoms with van der Waals surface area (Å²) >= 11 is 0. The Balaban J connectivity index is 1.76. The van der Waals surface area contributed by atoms with Gasteiger partial charge >= 0.3 is 6.18 Å². The average Bonchev–Trinajstić information content (AvgIpc) is 2.29. The average molecular weight is 315 g/mol. The molecular formula is C16H21F3NP. The van der Waals surface area contributed by atoms with Gasteiger partial charge in [0.05, 0.1) is 5.56 Å². The minimum absolute atomic E-state index is 0.481. The molecule has 1 saturated carbocycles. The first-order valence-corrected chi connectivity index (χ1v) is 9.60. The molecule has 2 fully saturated rings. The van der Waals surface area contributed by atoms with Gasteiger partial charge in [-0.2, -0.15) is 13.2 Å². The van der Waals surface area contributed by atoms with Crippen LogP contribution in [0.15, 0.2) is 18.2 Å². The summed E-state index contributed by atoms with van der Waals surface area (Å²) in [6.45, 7) is 6.19. The van der Waals surface area contributed by atoms with Crippen molar-refractivity contribution in [3.8, 4) is 0 Å². The largest absolute Gasteiger partial charge is 0.416 e. The predicted octanol–water partition coefficient (Wildman–Crippen LogP) is 3.61. The van der Waals surface area contributed by atoms with Crippen LogP contribution >= 0.6 is 7.92 Å². The maximum atomic E-state index is 13.0. The number of halogens is 3. The van der Waals surface area contributed by atoms with Crippen molar-refractivity contribution in [2.75, 3.05) is 26.4 Å². The van der Waals surface area contributed by atoms with Gasteiger partial charge in [-0.05, 0) is 66.9 Å². The van der Waals surface area contributed by atoms with Crippen molar-refractivity contribution in [1.82, 2.24) is 5.32 Å². The summed E-state index contributed by atoms with van der Waals surface area (Å²) in [4.78, 5) is 0. The van der Waals surface area contributed by atoms with Crippen molar-refractivity contribution in [2.24, 2.45) is 11.3 Å². The van der Waals surface area contributed by atoms with E-state index in [1.165, 1.54) is 25.0 Å². The minimum atomic E-state index is -4.24. The van der Waals surface area contributed by atoms with Crippen LogP contribution in [0.2, 0.25) is 0 Å². The second kappa shape index (κ2) is 5.24. The molecule has 0 atom stereocenters. The highest BCUT2D eigenvalue weighted by atomic mass is 31.1. The van der Waals surface area contributed by atoms with Crippen LogP contribution in [0.5, 0.6) is 0 Å². The minimum Gasteiger partial charge on any atom is -0.316 e. The van der Waals surface area contributed by atoms with Crippen LogP contribution in [-0.2, 0) is 12.6 Å². The molecule has 0 unspecified atom stereocenters. The van der Waals surface area contributed by atoms with Gasteiger partial charge in [-0.25, -0.2) is 0 Å². The SMILES string of the molecule is CP(C)c1cc(CC2CC3(CNC3)C2)cc(C(F)(F)F)c1. The summed E-state index contributed by atoms with van der Waals surface area (Å²) in [5.41, 5.74) is 0.866. The van der Waals surface area contributed by atoms with Gasteiger partial charge in [0.1, 0.15) is 0 Å². The van der Waals surface area contributed by atoms with Gasteiger partial charge in [0.25, 0.3) is 0 Å². The summed E-state index contributed by atoms with van der Waals surface area (Å²) in [5.74, 6) is 0.559. The topological polar surface area (TPSA) is 12.0 Å². The van der Waals surface area contributed by atoms with Gasteiger partial charge in [0.15, 0.2) is 0 Å². The Hall–Kier alpha value is -0.600. The van der Waals surface area contributed by atoms with Crippen molar-refractivity contribution >= 4 is 13.2 Å². The Kier molecular flexibility index (Phi) is 3.82. The molecule has 0 amide bonds. The van der Waals surface area contributed by atoms with Crippen LogP contribution in [-0.4, -0.2) is 26.4 Å². The highest BCUT2D eigenvalue weighted by Crippen LogP contribution is 2.49. The van der Waals surface area contributed by atoms with Crippen molar-refractivity contribution in [1.29, 1.82) is 0 Å². The van der Waals surface area contributed by atoms with E-state index in [9.17, 15) is 13.2 Å². The molecule has 3 rings (SSSR count). The normalized spacial score (nSPS) is 21.4. The number of benzene rings is 1. The van der Waals surface area contributed by atoms with E-state index in [2.05, 4.69) is 5.32 Å². The van der Waals surface area contributed by atoms with Crippen molar-refractivity contribution in [3.05, 3.63) is 29.3 Å². The van der Waals surface area contributed by atoms with E-state index in [1.54, 1.807) is 0 Å². The lowest BCUT2D eigenvalue weighted by Crippen LogP contribution is -2.60. The number of rotatable bonds is 3.